The fourth-order valence-corrected chi connectivity index (χ4v) is 2.14. The van der Waals surface area contributed by atoms with E-state index in [1.165, 1.54) is 0 Å². The normalized spacial score (nSPS) is 11.0. The van der Waals surface area contributed by atoms with E-state index in [-0.39, 0.29) is 12.6 Å². The monoisotopic (exact) mass is 318 g/mol. The summed E-state index contributed by atoms with van der Waals surface area (Å²) in [5, 5.41) is 16.7. The molecule has 0 aliphatic heterocycles. The van der Waals surface area contributed by atoms with Gasteiger partial charge in [0.2, 0.25) is 0 Å². The number of ether oxygens (including phenoxy) is 1. The summed E-state index contributed by atoms with van der Waals surface area (Å²) in [5.41, 5.74) is 1.75. The molecule has 0 saturated heterocycles. The van der Waals surface area contributed by atoms with E-state index in [4.69, 9.17) is 9.84 Å². The summed E-state index contributed by atoms with van der Waals surface area (Å²) >= 11 is 0. The van der Waals surface area contributed by atoms with Gasteiger partial charge in [-0.15, -0.1) is 5.10 Å². The van der Waals surface area contributed by atoms with Crippen molar-refractivity contribution in [3.8, 4) is 5.69 Å². The van der Waals surface area contributed by atoms with Crippen LogP contribution in [0.2, 0.25) is 0 Å². The molecule has 0 unspecified atom stereocenters. The van der Waals surface area contributed by atoms with Gasteiger partial charge in [0, 0.05) is 6.54 Å². The van der Waals surface area contributed by atoms with Gasteiger partial charge in [0.15, 0.2) is 0 Å². The molecule has 1 N–H and O–H groups in total. The van der Waals surface area contributed by atoms with Crippen LogP contribution in [-0.2, 0) is 11.3 Å². The number of aromatic nitrogens is 3. The highest BCUT2D eigenvalue weighted by Crippen LogP contribution is 2.10. The Labute approximate surface area is 135 Å². The molecule has 0 amide bonds. The lowest BCUT2D eigenvalue weighted by molar-refractivity contribution is 0.0466. The van der Waals surface area contributed by atoms with Gasteiger partial charge in [0.25, 0.3) is 0 Å². The highest BCUT2D eigenvalue weighted by molar-refractivity contribution is 5.89. The minimum Gasteiger partial charge on any atom is -0.461 e. The van der Waals surface area contributed by atoms with E-state index in [0.29, 0.717) is 17.9 Å². The van der Waals surface area contributed by atoms with Gasteiger partial charge in [-0.25, -0.2) is 9.48 Å². The smallest absolute Gasteiger partial charge is 0.338 e. The zero-order valence-electron chi connectivity index (χ0n) is 13.5. The Kier molecular flexibility index (Phi) is 6.25. The first-order valence-corrected chi connectivity index (χ1v) is 7.70. The van der Waals surface area contributed by atoms with E-state index in [1.807, 2.05) is 0 Å². The lowest BCUT2D eigenvalue weighted by atomic mass is 10.2. The second-order valence-electron chi connectivity index (χ2n) is 5.02. The Morgan fingerprint density at radius 3 is 2.52 bits per heavy atom. The summed E-state index contributed by atoms with van der Waals surface area (Å²) in [5.74, 6) is -0.335. The maximum absolute atomic E-state index is 12.0. The van der Waals surface area contributed by atoms with Crippen LogP contribution in [-0.4, -0.2) is 57.2 Å². The second kappa shape index (κ2) is 8.40. The van der Waals surface area contributed by atoms with Gasteiger partial charge in [0.05, 0.1) is 24.1 Å². The summed E-state index contributed by atoms with van der Waals surface area (Å²) in [4.78, 5) is 14.2. The van der Waals surface area contributed by atoms with E-state index in [2.05, 4.69) is 29.1 Å². The molecular formula is C16H22N4O3. The second-order valence-corrected chi connectivity index (χ2v) is 5.02. The lowest BCUT2D eigenvalue weighted by Gasteiger charge is -2.17. The van der Waals surface area contributed by atoms with Crippen LogP contribution in [0.5, 0.6) is 0 Å². The minimum atomic E-state index is -0.335. The van der Waals surface area contributed by atoms with E-state index in [1.54, 1.807) is 35.1 Å². The van der Waals surface area contributed by atoms with Crippen LogP contribution in [0.4, 0.5) is 0 Å². The molecule has 0 saturated carbocycles. The first kappa shape index (κ1) is 17.1. The minimum absolute atomic E-state index is 0.156. The molecule has 124 valence electrons. The number of likely N-dealkylation sites (N-methyl/N-ethyl adjacent to an activating group) is 1. The lowest BCUT2D eigenvalue weighted by Crippen LogP contribution is -2.27. The van der Waals surface area contributed by atoms with Crippen LogP contribution < -0.4 is 0 Å². The van der Waals surface area contributed by atoms with E-state index >= 15 is 0 Å². The van der Waals surface area contributed by atoms with Crippen molar-refractivity contribution in [2.75, 3.05) is 26.2 Å². The predicted octanol–water partition coefficient (Wildman–Crippen LogP) is 1.26. The molecule has 0 aliphatic carbocycles. The Bertz CT molecular complexity index is 621. The van der Waals surface area contributed by atoms with Gasteiger partial charge in [-0.05, 0) is 37.4 Å². The number of benzene rings is 1. The number of rotatable bonds is 8. The predicted molar refractivity (Wildman–Crippen MR) is 85.4 cm³/mol. The van der Waals surface area contributed by atoms with Gasteiger partial charge in [0.1, 0.15) is 12.3 Å². The SMILES string of the molecule is CCN(CC)CCOC(=O)c1ccc(-n2cc(CO)nn2)cc1. The summed E-state index contributed by atoms with van der Waals surface area (Å²) in [7, 11) is 0. The average molecular weight is 318 g/mol. The number of aliphatic hydroxyl groups is 1. The van der Waals surface area contributed by atoms with Crippen LogP contribution in [0.3, 0.4) is 0 Å². The molecule has 0 radical (unpaired) electrons. The first-order valence-electron chi connectivity index (χ1n) is 7.70. The largest absolute Gasteiger partial charge is 0.461 e. The fraction of sp³-hybridized carbons (Fsp3) is 0.438. The zero-order valence-corrected chi connectivity index (χ0v) is 13.5. The third-order valence-corrected chi connectivity index (χ3v) is 3.61. The van der Waals surface area contributed by atoms with Crippen molar-refractivity contribution in [3.05, 3.63) is 41.7 Å². The van der Waals surface area contributed by atoms with Gasteiger partial charge < -0.3 is 14.7 Å². The van der Waals surface area contributed by atoms with Crippen molar-refractivity contribution >= 4 is 5.97 Å². The highest BCUT2D eigenvalue weighted by Gasteiger charge is 2.09. The average Bonchev–Trinajstić information content (AvgIpc) is 3.08. The molecule has 1 aromatic carbocycles. The van der Waals surface area contributed by atoms with Crippen molar-refractivity contribution in [2.45, 2.75) is 20.5 Å². The van der Waals surface area contributed by atoms with Crippen LogP contribution in [0.1, 0.15) is 29.9 Å². The summed E-state index contributed by atoms with van der Waals surface area (Å²) in [6.07, 6.45) is 1.64. The number of hydrogen-bond acceptors (Lipinski definition) is 6. The van der Waals surface area contributed by atoms with Crippen molar-refractivity contribution in [2.24, 2.45) is 0 Å². The number of nitrogens with zero attached hydrogens (tertiary/aromatic N) is 4. The van der Waals surface area contributed by atoms with Crippen molar-refractivity contribution in [1.82, 2.24) is 19.9 Å². The Morgan fingerprint density at radius 2 is 1.96 bits per heavy atom. The quantitative estimate of drug-likeness (QED) is 0.738. The number of hydrogen-bond donors (Lipinski definition) is 1. The van der Waals surface area contributed by atoms with Crippen LogP contribution in [0, 0.1) is 0 Å². The standard InChI is InChI=1S/C16H22N4O3/c1-3-19(4-2)9-10-23-16(22)13-5-7-15(8-6-13)20-11-14(12-21)17-18-20/h5-8,11,21H,3-4,9-10,12H2,1-2H3. The number of carbonyl (C=O) groups excluding carboxylic acids is 1. The molecule has 1 heterocycles. The van der Waals surface area contributed by atoms with Gasteiger partial charge in [-0.2, -0.15) is 0 Å². The maximum atomic E-state index is 12.0. The van der Waals surface area contributed by atoms with Crippen molar-refractivity contribution < 1.29 is 14.6 Å². The molecule has 23 heavy (non-hydrogen) atoms. The molecule has 0 atom stereocenters. The number of aliphatic hydroxyl groups excluding tert-OH is 1. The summed E-state index contributed by atoms with van der Waals surface area (Å²) < 4.78 is 6.82. The highest BCUT2D eigenvalue weighted by atomic mass is 16.5. The number of esters is 1. The molecule has 2 rings (SSSR count). The van der Waals surface area contributed by atoms with Crippen molar-refractivity contribution in [1.29, 1.82) is 0 Å². The topological polar surface area (TPSA) is 80.5 Å². The Morgan fingerprint density at radius 1 is 1.26 bits per heavy atom. The van der Waals surface area contributed by atoms with Crippen LogP contribution >= 0.6 is 0 Å². The van der Waals surface area contributed by atoms with Gasteiger partial charge >= 0.3 is 5.97 Å². The molecule has 0 spiro atoms. The molecule has 0 aliphatic rings. The summed E-state index contributed by atoms with van der Waals surface area (Å²) in [6, 6.07) is 6.90. The van der Waals surface area contributed by atoms with E-state index < -0.39 is 0 Å². The summed E-state index contributed by atoms with van der Waals surface area (Å²) in [6.45, 7) is 7.00. The third kappa shape index (κ3) is 4.61. The van der Waals surface area contributed by atoms with Crippen LogP contribution in [0.25, 0.3) is 5.69 Å². The van der Waals surface area contributed by atoms with Crippen LogP contribution in [0.15, 0.2) is 30.5 Å². The molecule has 7 heteroatoms. The maximum Gasteiger partial charge on any atom is 0.338 e. The van der Waals surface area contributed by atoms with E-state index in [9.17, 15) is 4.79 Å². The first-order chi connectivity index (χ1) is 11.2. The Balaban J connectivity index is 1.92. The fourth-order valence-electron chi connectivity index (χ4n) is 2.14. The third-order valence-electron chi connectivity index (χ3n) is 3.61. The number of carbonyl (C=O) groups is 1. The van der Waals surface area contributed by atoms with Gasteiger partial charge in [-0.1, -0.05) is 19.1 Å². The molecule has 0 bridgehead atoms. The zero-order chi connectivity index (χ0) is 16.7. The molecule has 0 fully saturated rings. The van der Waals surface area contributed by atoms with Crippen molar-refractivity contribution in [3.63, 3.8) is 0 Å². The van der Waals surface area contributed by atoms with Gasteiger partial charge in [-0.3, -0.25) is 0 Å². The molecule has 2 aromatic rings. The molecule has 7 nitrogen and oxygen atoms in total. The van der Waals surface area contributed by atoms with E-state index in [0.717, 1.165) is 25.3 Å². The molecular weight excluding hydrogens is 296 g/mol. The Hall–Kier alpha value is -2.25. The molecule has 1 aromatic heterocycles.